The van der Waals surface area contributed by atoms with E-state index in [9.17, 15) is 0 Å². The van der Waals surface area contributed by atoms with E-state index in [-0.39, 0.29) is 0 Å². The van der Waals surface area contributed by atoms with Crippen LogP contribution in [0.4, 0.5) is 0 Å². The van der Waals surface area contributed by atoms with Crippen LogP contribution < -0.4 is 0 Å². The van der Waals surface area contributed by atoms with E-state index in [1.54, 1.807) is 6.92 Å². The summed E-state index contributed by atoms with van der Waals surface area (Å²) in [5, 5.41) is 0.581. The summed E-state index contributed by atoms with van der Waals surface area (Å²) in [4.78, 5) is 0. The highest BCUT2D eigenvalue weighted by Gasteiger charge is 2.22. The Labute approximate surface area is 93.6 Å². The zero-order valence-electron chi connectivity index (χ0n) is 9.41. The molecule has 84 valence electrons. The first-order valence-corrected chi connectivity index (χ1v) is 7.00. The van der Waals surface area contributed by atoms with E-state index in [4.69, 9.17) is 25.8 Å². The third-order valence-electron chi connectivity index (χ3n) is 1.68. The zero-order chi connectivity index (χ0) is 11.0. The second kappa shape index (κ2) is 8.34. The summed E-state index contributed by atoms with van der Waals surface area (Å²) in [6.45, 7) is 9.84. The van der Waals surface area contributed by atoms with Gasteiger partial charge in [0.25, 0.3) is 0 Å². The molecular weight excluding hydrogens is 216 g/mol. The molecule has 14 heavy (non-hydrogen) atoms. The van der Waals surface area contributed by atoms with Crippen LogP contribution in [0.5, 0.6) is 0 Å². The lowest BCUT2D eigenvalue weighted by molar-refractivity contribution is 0.190. The Morgan fingerprint density at radius 2 is 1.79 bits per heavy atom. The van der Waals surface area contributed by atoms with Crippen molar-refractivity contribution in [1.29, 1.82) is 0 Å². The number of thiocarbonyl (C=S) groups is 1. The molecule has 0 radical (unpaired) electrons. The molecule has 0 amide bonds. The van der Waals surface area contributed by atoms with Crippen molar-refractivity contribution in [2.24, 2.45) is 0 Å². The third kappa shape index (κ3) is 6.48. The van der Waals surface area contributed by atoms with E-state index in [1.807, 2.05) is 13.8 Å². The van der Waals surface area contributed by atoms with Gasteiger partial charge in [-0.3, -0.25) is 0 Å². The monoisotopic (exact) mass is 236 g/mol. The Morgan fingerprint density at radius 3 is 2.14 bits per heavy atom. The van der Waals surface area contributed by atoms with E-state index in [0.29, 0.717) is 30.4 Å². The quantitative estimate of drug-likeness (QED) is 0.499. The van der Waals surface area contributed by atoms with Crippen LogP contribution in [0.3, 0.4) is 0 Å². The molecule has 0 aliphatic rings. The number of rotatable bonds is 7. The van der Waals surface area contributed by atoms with Gasteiger partial charge in [0.2, 0.25) is 0 Å². The average Bonchev–Trinajstić information content (AvgIpc) is 2.14. The molecule has 1 atom stereocenters. The fourth-order valence-electron chi connectivity index (χ4n) is 1.03. The van der Waals surface area contributed by atoms with Crippen molar-refractivity contribution in [2.75, 3.05) is 19.8 Å². The van der Waals surface area contributed by atoms with Gasteiger partial charge in [0, 0.05) is 25.7 Å². The molecule has 0 saturated carbocycles. The molecule has 0 N–H and O–H groups in total. The number of hydrogen-bond donors (Lipinski definition) is 0. The van der Waals surface area contributed by atoms with E-state index in [2.05, 4.69) is 6.92 Å². The normalized spacial score (nSPS) is 12.9. The van der Waals surface area contributed by atoms with Crippen molar-refractivity contribution in [3.8, 4) is 0 Å². The fraction of sp³-hybridized carbons (Fsp3) is 0.889. The molecule has 0 rings (SSSR count). The van der Waals surface area contributed by atoms with Gasteiger partial charge in [-0.05, 0) is 26.1 Å². The minimum absolute atomic E-state index is 0.327. The third-order valence-corrected chi connectivity index (χ3v) is 4.24. The summed E-state index contributed by atoms with van der Waals surface area (Å²) in [7, 11) is -1.57. The summed E-state index contributed by atoms with van der Waals surface area (Å²) in [6, 6.07) is 0. The molecule has 0 fully saturated rings. The number of hydrogen-bond acceptors (Lipinski definition) is 4. The van der Waals surface area contributed by atoms with Gasteiger partial charge in [0.05, 0.1) is 6.61 Å². The molecule has 0 aromatic carbocycles. The van der Waals surface area contributed by atoms with Crippen LogP contribution in [-0.4, -0.2) is 34.2 Å². The van der Waals surface area contributed by atoms with Crippen molar-refractivity contribution in [2.45, 2.75) is 33.2 Å². The first-order valence-electron chi connectivity index (χ1n) is 4.98. The van der Waals surface area contributed by atoms with Crippen molar-refractivity contribution >= 4 is 26.6 Å². The smallest absolute Gasteiger partial charge is 0.327 e. The van der Waals surface area contributed by atoms with Gasteiger partial charge in [0.1, 0.15) is 0 Å². The van der Waals surface area contributed by atoms with Crippen LogP contribution in [0.1, 0.15) is 27.7 Å². The van der Waals surface area contributed by atoms with E-state index in [0.717, 1.165) is 0 Å². The van der Waals surface area contributed by atoms with Gasteiger partial charge in [-0.25, -0.2) is 0 Å². The van der Waals surface area contributed by atoms with Crippen LogP contribution in [0.25, 0.3) is 0 Å². The van der Waals surface area contributed by atoms with Crippen molar-refractivity contribution in [3.05, 3.63) is 0 Å². The second-order valence-corrected chi connectivity index (χ2v) is 6.18. The maximum atomic E-state index is 5.57. The van der Waals surface area contributed by atoms with Crippen LogP contribution >= 0.6 is 12.2 Å². The Bertz CT molecular complexity index is 160. The molecule has 1 unspecified atom stereocenters. The summed E-state index contributed by atoms with van der Waals surface area (Å²) >= 11 is 4.84. The standard InChI is InChI=1S/C9H20O3SSi/c1-5-11-14(12-6-2)8(3)7-10-9(4)13/h8,14H,5-7H2,1-4H3. The Balaban J connectivity index is 3.86. The second-order valence-electron chi connectivity index (χ2n) is 3.06. The minimum Gasteiger partial charge on any atom is -0.487 e. The SMILES string of the molecule is CCO[SiH](OCC)C(C)COC(C)=S. The fourth-order valence-corrected chi connectivity index (χ4v) is 2.76. The Hall–Kier alpha value is 0.0269. The summed E-state index contributed by atoms with van der Waals surface area (Å²) in [5.74, 6) is 0. The molecule has 0 aliphatic carbocycles. The lowest BCUT2D eigenvalue weighted by atomic mass is 10.5. The summed E-state index contributed by atoms with van der Waals surface area (Å²) < 4.78 is 16.4. The lowest BCUT2D eigenvalue weighted by Crippen LogP contribution is -2.30. The molecule has 5 heteroatoms. The van der Waals surface area contributed by atoms with Gasteiger partial charge < -0.3 is 13.6 Å². The van der Waals surface area contributed by atoms with Gasteiger partial charge in [-0.15, -0.1) is 0 Å². The van der Waals surface area contributed by atoms with Crippen LogP contribution in [0.15, 0.2) is 0 Å². The summed E-state index contributed by atoms with van der Waals surface area (Å²) in [6.07, 6.45) is 0. The maximum Gasteiger partial charge on any atom is 0.327 e. The molecule has 0 heterocycles. The molecular formula is C9H20O3SSi. The lowest BCUT2D eigenvalue weighted by Gasteiger charge is -2.21. The van der Waals surface area contributed by atoms with Gasteiger partial charge in [-0.1, -0.05) is 6.92 Å². The largest absolute Gasteiger partial charge is 0.487 e. The Kier molecular flexibility index (Phi) is 8.36. The molecule has 0 saturated heterocycles. The molecule has 0 bridgehead atoms. The molecule has 3 nitrogen and oxygen atoms in total. The highest BCUT2D eigenvalue weighted by atomic mass is 32.1. The highest BCUT2D eigenvalue weighted by Crippen LogP contribution is 2.12. The number of ether oxygens (including phenoxy) is 1. The Morgan fingerprint density at radius 1 is 1.29 bits per heavy atom. The van der Waals surface area contributed by atoms with Gasteiger partial charge >= 0.3 is 9.28 Å². The van der Waals surface area contributed by atoms with Crippen LogP contribution in [0.2, 0.25) is 5.54 Å². The topological polar surface area (TPSA) is 27.7 Å². The zero-order valence-corrected chi connectivity index (χ0v) is 11.4. The molecule has 0 aromatic heterocycles. The molecule has 0 aromatic rings. The van der Waals surface area contributed by atoms with Gasteiger partial charge in [-0.2, -0.15) is 0 Å². The molecule has 0 spiro atoms. The van der Waals surface area contributed by atoms with Gasteiger partial charge in [0.15, 0.2) is 5.05 Å². The van der Waals surface area contributed by atoms with E-state index in [1.165, 1.54) is 0 Å². The van der Waals surface area contributed by atoms with E-state index < -0.39 is 9.28 Å². The van der Waals surface area contributed by atoms with Crippen LogP contribution in [0, 0.1) is 0 Å². The minimum atomic E-state index is -1.57. The maximum absolute atomic E-state index is 5.57. The first-order chi connectivity index (χ1) is 6.61. The summed E-state index contributed by atoms with van der Waals surface area (Å²) in [5.41, 5.74) is 0.327. The van der Waals surface area contributed by atoms with Crippen molar-refractivity contribution in [3.63, 3.8) is 0 Å². The average molecular weight is 236 g/mol. The molecule has 0 aliphatic heterocycles. The predicted molar refractivity (Wildman–Crippen MR) is 64.0 cm³/mol. The van der Waals surface area contributed by atoms with E-state index >= 15 is 0 Å². The van der Waals surface area contributed by atoms with Crippen molar-refractivity contribution < 1.29 is 13.6 Å². The van der Waals surface area contributed by atoms with Crippen LogP contribution in [-0.2, 0) is 13.6 Å². The predicted octanol–water partition coefficient (Wildman–Crippen LogP) is 2.03. The van der Waals surface area contributed by atoms with Crippen molar-refractivity contribution in [1.82, 2.24) is 0 Å². The first kappa shape index (κ1) is 14.0. The highest BCUT2D eigenvalue weighted by molar-refractivity contribution is 7.80.